The molecule has 0 aromatic heterocycles. The average Bonchev–Trinajstić information content (AvgIpc) is 2.71. The van der Waals surface area contributed by atoms with Crippen molar-refractivity contribution in [1.29, 1.82) is 0 Å². The predicted molar refractivity (Wildman–Crippen MR) is 111 cm³/mol. The molecule has 0 saturated heterocycles. The van der Waals surface area contributed by atoms with Crippen LogP contribution in [-0.4, -0.2) is 11.8 Å². The Hall–Kier alpha value is -3.40. The van der Waals surface area contributed by atoms with E-state index in [9.17, 15) is 9.59 Å². The molecule has 0 saturated carbocycles. The van der Waals surface area contributed by atoms with Gasteiger partial charge in [0.15, 0.2) is 0 Å². The number of nitrogens with one attached hydrogen (secondary N) is 2. The molecular formula is C24H22N2O2. The lowest BCUT2D eigenvalue weighted by Crippen LogP contribution is -2.34. The fourth-order valence-electron chi connectivity index (χ4n) is 3.64. The molecule has 2 amide bonds. The second-order valence-electron chi connectivity index (χ2n) is 7.18. The topological polar surface area (TPSA) is 58.2 Å². The van der Waals surface area contributed by atoms with Crippen molar-refractivity contribution in [2.24, 2.45) is 0 Å². The third kappa shape index (κ3) is 3.81. The molecule has 0 spiro atoms. The van der Waals surface area contributed by atoms with Gasteiger partial charge in [0, 0.05) is 18.7 Å². The lowest BCUT2D eigenvalue weighted by molar-refractivity contribution is -0.126. The molecule has 0 radical (unpaired) electrons. The number of rotatable bonds is 4. The second-order valence-corrected chi connectivity index (χ2v) is 7.18. The van der Waals surface area contributed by atoms with Gasteiger partial charge in [0.05, 0.1) is 5.92 Å². The van der Waals surface area contributed by atoms with Crippen LogP contribution in [0.2, 0.25) is 0 Å². The molecule has 0 fully saturated rings. The van der Waals surface area contributed by atoms with Gasteiger partial charge in [0.25, 0.3) is 0 Å². The van der Waals surface area contributed by atoms with Gasteiger partial charge in [-0.25, -0.2) is 0 Å². The van der Waals surface area contributed by atoms with E-state index >= 15 is 0 Å². The molecule has 4 heteroatoms. The van der Waals surface area contributed by atoms with Crippen LogP contribution in [0.3, 0.4) is 0 Å². The Labute approximate surface area is 164 Å². The standard InChI is InChI=1S/C24H22N2O2/c1-16-6-4-8-18(12-16)19-9-5-7-17(13-19)15-25-24(28)21-14-23(27)26-22-11-3-2-10-20(21)22/h2-13,21H,14-15H2,1H3,(H,25,28)(H,26,27). The van der Waals surface area contributed by atoms with Crippen LogP contribution in [0.5, 0.6) is 0 Å². The zero-order valence-electron chi connectivity index (χ0n) is 15.7. The van der Waals surface area contributed by atoms with Crippen molar-refractivity contribution in [3.8, 4) is 11.1 Å². The zero-order valence-corrected chi connectivity index (χ0v) is 15.7. The number of amides is 2. The molecule has 1 unspecified atom stereocenters. The number of hydrogen-bond acceptors (Lipinski definition) is 2. The Kier molecular flexibility index (Phi) is 4.94. The highest BCUT2D eigenvalue weighted by atomic mass is 16.2. The maximum Gasteiger partial charge on any atom is 0.228 e. The lowest BCUT2D eigenvalue weighted by Gasteiger charge is -2.24. The third-order valence-electron chi connectivity index (χ3n) is 5.06. The molecule has 140 valence electrons. The number of anilines is 1. The molecule has 1 heterocycles. The molecule has 3 aromatic carbocycles. The molecule has 0 aliphatic carbocycles. The summed E-state index contributed by atoms with van der Waals surface area (Å²) >= 11 is 0. The minimum atomic E-state index is -0.454. The number of hydrogen-bond donors (Lipinski definition) is 2. The lowest BCUT2D eigenvalue weighted by atomic mass is 9.90. The highest BCUT2D eigenvalue weighted by Gasteiger charge is 2.30. The van der Waals surface area contributed by atoms with Crippen LogP contribution in [-0.2, 0) is 16.1 Å². The Morgan fingerprint density at radius 1 is 1.00 bits per heavy atom. The summed E-state index contributed by atoms with van der Waals surface area (Å²) in [6.45, 7) is 2.50. The van der Waals surface area contributed by atoms with Crippen LogP contribution in [0.1, 0.15) is 29.0 Å². The predicted octanol–water partition coefficient (Wildman–Crippen LogP) is 4.40. The summed E-state index contributed by atoms with van der Waals surface area (Å²) in [6, 6.07) is 24.0. The van der Waals surface area contributed by atoms with Gasteiger partial charge < -0.3 is 10.6 Å². The monoisotopic (exact) mass is 370 g/mol. The Balaban J connectivity index is 1.49. The molecule has 1 aliphatic rings. The summed E-state index contributed by atoms with van der Waals surface area (Å²) in [4.78, 5) is 24.7. The largest absolute Gasteiger partial charge is 0.351 e. The normalized spacial score (nSPS) is 15.5. The van der Waals surface area contributed by atoms with Gasteiger partial charge in [-0.15, -0.1) is 0 Å². The molecule has 2 N–H and O–H groups in total. The van der Waals surface area contributed by atoms with Gasteiger partial charge in [-0.2, -0.15) is 0 Å². The first-order valence-electron chi connectivity index (χ1n) is 9.42. The van der Waals surface area contributed by atoms with Crippen LogP contribution in [0.4, 0.5) is 5.69 Å². The van der Waals surface area contributed by atoms with Crippen molar-refractivity contribution in [2.75, 3.05) is 5.32 Å². The van der Waals surface area contributed by atoms with Crippen molar-refractivity contribution in [3.05, 3.63) is 89.5 Å². The number of benzene rings is 3. The van der Waals surface area contributed by atoms with Crippen LogP contribution >= 0.6 is 0 Å². The fourth-order valence-corrected chi connectivity index (χ4v) is 3.64. The number of para-hydroxylation sites is 1. The quantitative estimate of drug-likeness (QED) is 0.715. The van der Waals surface area contributed by atoms with Gasteiger partial charge >= 0.3 is 0 Å². The first-order valence-corrected chi connectivity index (χ1v) is 9.42. The first-order chi connectivity index (χ1) is 13.6. The maximum atomic E-state index is 12.8. The minimum Gasteiger partial charge on any atom is -0.351 e. The van der Waals surface area contributed by atoms with Gasteiger partial charge in [0.1, 0.15) is 0 Å². The number of carbonyl (C=O) groups excluding carboxylic acids is 2. The molecule has 4 rings (SSSR count). The Bertz CT molecular complexity index is 1040. The number of aryl methyl sites for hydroxylation is 1. The number of carbonyl (C=O) groups is 2. The summed E-state index contributed by atoms with van der Waals surface area (Å²) in [5, 5.41) is 5.83. The van der Waals surface area contributed by atoms with Crippen LogP contribution in [0, 0.1) is 6.92 Å². The number of fused-ring (bicyclic) bond motifs is 1. The second kappa shape index (κ2) is 7.69. The fraction of sp³-hybridized carbons (Fsp3) is 0.167. The summed E-state index contributed by atoms with van der Waals surface area (Å²) in [6.07, 6.45) is 0.173. The van der Waals surface area contributed by atoms with Crippen molar-refractivity contribution < 1.29 is 9.59 Å². The third-order valence-corrected chi connectivity index (χ3v) is 5.06. The highest BCUT2D eigenvalue weighted by molar-refractivity contribution is 6.01. The zero-order chi connectivity index (χ0) is 19.5. The smallest absolute Gasteiger partial charge is 0.228 e. The van der Waals surface area contributed by atoms with E-state index in [-0.39, 0.29) is 18.2 Å². The first kappa shape index (κ1) is 18.0. The van der Waals surface area contributed by atoms with Crippen LogP contribution in [0.15, 0.2) is 72.8 Å². The molecule has 1 atom stereocenters. The Morgan fingerprint density at radius 2 is 1.75 bits per heavy atom. The van der Waals surface area contributed by atoms with Crippen molar-refractivity contribution in [1.82, 2.24) is 5.32 Å². The molecule has 0 bridgehead atoms. The van der Waals surface area contributed by atoms with Crippen LogP contribution < -0.4 is 10.6 Å². The average molecular weight is 370 g/mol. The van der Waals surface area contributed by atoms with E-state index in [1.165, 1.54) is 5.56 Å². The Morgan fingerprint density at radius 3 is 2.57 bits per heavy atom. The van der Waals surface area contributed by atoms with Gasteiger partial charge in [-0.3, -0.25) is 9.59 Å². The summed E-state index contributed by atoms with van der Waals surface area (Å²) in [5.41, 5.74) is 6.11. The van der Waals surface area contributed by atoms with Crippen molar-refractivity contribution in [3.63, 3.8) is 0 Å². The molecule has 3 aromatic rings. The van der Waals surface area contributed by atoms with Gasteiger partial charge in [-0.1, -0.05) is 66.2 Å². The minimum absolute atomic E-state index is 0.122. The van der Waals surface area contributed by atoms with Gasteiger partial charge in [-0.05, 0) is 41.3 Å². The molecule has 1 aliphatic heterocycles. The van der Waals surface area contributed by atoms with Gasteiger partial charge in [0.2, 0.25) is 11.8 Å². The molecular weight excluding hydrogens is 348 g/mol. The highest BCUT2D eigenvalue weighted by Crippen LogP contribution is 2.32. The van der Waals surface area contributed by atoms with E-state index in [0.29, 0.717) is 6.54 Å². The van der Waals surface area contributed by atoms with E-state index in [2.05, 4.69) is 47.9 Å². The summed E-state index contributed by atoms with van der Waals surface area (Å²) in [7, 11) is 0. The van der Waals surface area contributed by atoms with E-state index in [4.69, 9.17) is 0 Å². The molecule has 28 heavy (non-hydrogen) atoms. The van der Waals surface area contributed by atoms with Crippen LogP contribution in [0.25, 0.3) is 11.1 Å². The molecule has 4 nitrogen and oxygen atoms in total. The SMILES string of the molecule is Cc1cccc(-c2cccc(CNC(=O)C3CC(=O)Nc4ccccc43)c2)c1. The van der Waals surface area contributed by atoms with E-state index < -0.39 is 5.92 Å². The van der Waals surface area contributed by atoms with E-state index in [1.807, 2.05) is 42.5 Å². The van der Waals surface area contributed by atoms with Crippen molar-refractivity contribution in [2.45, 2.75) is 25.8 Å². The van der Waals surface area contributed by atoms with Crippen molar-refractivity contribution >= 4 is 17.5 Å². The summed E-state index contributed by atoms with van der Waals surface area (Å²) in [5.74, 6) is -0.701. The maximum absolute atomic E-state index is 12.8. The summed E-state index contributed by atoms with van der Waals surface area (Å²) < 4.78 is 0. The van der Waals surface area contributed by atoms with E-state index in [0.717, 1.165) is 27.9 Å². The van der Waals surface area contributed by atoms with E-state index in [1.54, 1.807) is 0 Å².